The van der Waals surface area contributed by atoms with Crippen LogP contribution in [0, 0.1) is 0 Å². The summed E-state index contributed by atoms with van der Waals surface area (Å²) in [5, 5.41) is 18.4. The molecule has 0 aromatic rings. The number of likely N-dealkylation sites (N-methyl/N-ethyl adjacent to an activating group) is 1. The molecule has 15 heteroatoms. The predicted molar refractivity (Wildman–Crippen MR) is 179 cm³/mol. The summed E-state index contributed by atoms with van der Waals surface area (Å²) in [6.07, 6.45) is 4.18. The van der Waals surface area contributed by atoms with Gasteiger partial charge >= 0.3 is 0 Å². The molecule has 4 aliphatic heterocycles. The molecule has 256 valence electrons. The van der Waals surface area contributed by atoms with Crippen molar-refractivity contribution in [2.24, 2.45) is 0 Å². The minimum atomic E-state index is -3.29. The largest absolute Gasteiger partial charge is 0.375 e. The number of hydrogen-bond acceptors (Lipinski definition) is 14. The zero-order valence-electron chi connectivity index (χ0n) is 27.8. The van der Waals surface area contributed by atoms with Crippen LogP contribution in [0.2, 0.25) is 0 Å². The molecule has 0 bridgehead atoms. The Labute approximate surface area is 270 Å². The summed E-state index contributed by atoms with van der Waals surface area (Å²) in [7, 11) is 2.80. The summed E-state index contributed by atoms with van der Waals surface area (Å²) >= 11 is 1.93. The van der Waals surface area contributed by atoms with Crippen LogP contribution in [0.4, 0.5) is 0 Å². The van der Waals surface area contributed by atoms with E-state index >= 15 is 0 Å². The lowest BCUT2D eigenvalue weighted by Gasteiger charge is -2.50. The maximum absolute atomic E-state index is 13.8. The fourth-order valence-corrected chi connectivity index (χ4v) is 11.1. The Morgan fingerprint density at radius 2 is 1.68 bits per heavy atom. The van der Waals surface area contributed by atoms with E-state index in [0.717, 1.165) is 84.5 Å². The topological polar surface area (TPSA) is 137 Å². The fourth-order valence-electron chi connectivity index (χ4n) is 7.45. The fraction of sp³-hybridized carbons (Fsp3) is 1.00. The Kier molecular flexibility index (Phi) is 12.3. The van der Waals surface area contributed by atoms with Gasteiger partial charge in [-0.25, -0.2) is 13.8 Å². The van der Waals surface area contributed by atoms with Crippen LogP contribution >= 0.6 is 11.8 Å². The smallest absolute Gasteiger partial charge is 0.161 e. The maximum atomic E-state index is 13.8. The van der Waals surface area contributed by atoms with E-state index in [-0.39, 0.29) is 41.5 Å². The van der Waals surface area contributed by atoms with Crippen molar-refractivity contribution < 1.29 is 13.2 Å². The van der Waals surface area contributed by atoms with Crippen molar-refractivity contribution in [3.63, 3.8) is 0 Å². The number of hydrazine groups is 1. The van der Waals surface area contributed by atoms with E-state index in [0.29, 0.717) is 11.3 Å². The van der Waals surface area contributed by atoms with E-state index in [1.807, 2.05) is 32.7 Å². The third-order valence-corrected chi connectivity index (χ3v) is 14.8. The molecule has 0 radical (unpaired) electrons. The van der Waals surface area contributed by atoms with Gasteiger partial charge in [-0.3, -0.25) is 41.8 Å². The summed E-state index contributed by atoms with van der Waals surface area (Å²) < 4.78 is 32.9. The third-order valence-electron chi connectivity index (χ3n) is 10.3. The second kappa shape index (κ2) is 15.4. The predicted octanol–water partition coefficient (Wildman–Crippen LogP) is -1.13. The van der Waals surface area contributed by atoms with Crippen LogP contribution in [0.1, 0.15) is 52.9 Å². The zero-order valence-corrected chi connectivity index (χ0v) is 29.4. The molecule has 44 heavy (non-hydrogen) atoms. The molecule has 1 aliphatic carbocycles. The zero-order chi connectivity index (χ0) is 31.5. The van der Waals surface area contributed by atoms with Gasteiger partial charge in [0.25, 0.3) is 0 Å². The first-order valence-corrected chi connectivity index (χ1v) is 19.3. The normalized spacial score (nSPS) is 37.2. The molecule has 0 amide bonds. The number of piperazine rings is 1. The Bertz CT molecular complexity index is 1000. The molecular weight excluding hydrogens is 601 g/mol. The minimum absolute atomic E-state index is 0.0314. The highest BCUT2D eigenvalue weighted by atomic mass is 32.2. The first kappa shape index (κ1) is 35.2. The monoisotopic (exact) mass is 660 g/mol. The van der Waals surface area contributed by atoms with E-state index in [1.165, 1.54) is 0 Å². The lowest BCUT2D eigenvalue weighted by Crippen LogP contribution is -2.75. The molecule has 5 fully saturated rings. The maximum Gasteiger partial charge on any atom is 0.161 e. The molecule has 1 saturated carbocycles. The van der Waals surface area contributed by atoms with Gasteiger partial charge in [-0.05, 0) is 67.0 Å². The summed E-state index contributed by atoms with van der Waals surface area (Å²) in [6, 6.07) is 0.406. The van der Waals surface area contributed by atoms with Crippen molar-refractivity contribution in [2.45, 2.75) is 110 Å². The van der Waals surface area contributed by atoms with Crippen molar-refractivity contribution in [1.82, 2.24) is 52.1 Å². The average Bonchev–Trinajstić information content (AvgIpc) is 3.69. The van der Waals surface area contributed by atoms with Crippen LogP contribution in [0.15, 0.2) is 0 Å². The third kappa shape index (κ3) is 8.28. The van der Waals surface area contributed by atoms with E-state index < -0.39 is 14.6 Å². The van der Waals surface area contributed by atoms with Gasteiger partial charge in [0.05, 0.1) is 34.7 Å². The number of rotatable bonds is 12. The molecule has 5 rings (SSSR count). The Balaban J connectivity index is 1.21. The highest BCUT2D eigenvalue weighted by molar-refractivity contribution is 8.00. The molecule has 7 N–H and O–H groups in total. The second-order valence-electron chi connectivity index (χ2n) is 14.2. The van der Waals surface area contributed by atoms with Gasteiger partial charge in [-0.15, -0.1) is 11.8 Å². The van der Waals surface area contributed by atoms with Crippen molar-refractivity contribution >= 4 is 21.6 Å². The molecule has 5 aliphatic rings. The van der Waals surface area contributed by atoms with Gasteiger partial charge in [0, 0.05) is 70.8 Å². The number of sulfone groups is 1. The first-order chi connectivity index (χ1) is 21.0. The molecule has 4 saturated heterocycles. The SMILES string of the molecule is COC1C(NC2CC(C)NN2)NC(SC2CCC(S(=O)(=O)C(C)(C)C3NCCN3)CC2)NC1N1CCN(CCN(C)C)CC1. The summed E-state index contributed by atoms with van der Waals surface area (Å²) in [5.74, 6) is 0. The average molecular weight is 661 g/mol. The molecule has 4 heterocycles. The number of methoxy groups -OCH3 is 1. The molecular formula is C29H60N10O3S2. The van der Waals surface area contributed by atoms with Crippen LogP contribution in [0.5, 0.6) is 0 Å². The quantitative estimate of drug-likeness (QED) is 0.136. The molecule has 6 atom stereocenters. The second-order valence-corrected chi connectivity index (χ2v) is 18.4. The van der Waals surface area contributed by atoms with Crippen LogP contribution in [-0.2, 0) is 14.6 Å². The molecule has 0 aromatic heterocycles. The van der Waals surface area contributed by atoms with Crippen LogP contribution in [0.25, 0.3) is 0 Å². The van der Waals surface area contributed by atoms with Crippen LogP contribution in [0.3, 0.4) is 0 Å². The molecule has 6 unspecified atom stereocenters. The summed E-state index contributed by atoms with van der Waals surface area (Å²) in [4.78, 5) is 7.37. The van der Waals surface area contributed by atoms with Crippen molar-refractivity contribution in [2.75, 3.05) is 73.6 Å². The minimum Gasteiger partial charge on any atom is -0.375 e. The lowest BCUT2D eigenvalue weighted by molar-refractivity contribution is -0.0680. The lowest BCUT2D eigenvalue weighted by atomic mass is 10.00. The van der Waals surface area contributed by atoms with E-state index in [9.17, 15) is 8.42 Å². The highest BCUT2D eigenvalue weighted by Gasteiger charge is 2.48. The molecule has 0 aromatic carbocycles. The van der Waals surface area contributed by atoms with Crippen molar-refractivity contribution in [3.05, 3.63) is 0 Å². The first-order valence-electron chi connectivity index (χ1n) is 16.8. The number of nitrogens with one attached hydrogen (secondary N) is 7. The number of thioether (sulfide) groups is 1. The van der Waals surface area contributed by atoms with Gasteiger partial charge in [-0.1, -0.05) is 0 Å². The number of hydrogen-bond donors (Lipinski definition) is 7. The van der Waals surface area contributed by atoms with Gasteiger partial charge in [-0.2, -0.15) is 0 Å². The van der Waals surface area contributed by atoms with Gasteiger partial charge in [0.1, 0.15) is 11.6 Å². The van der Waals surface area contributed by atoms with Crippen LogP contribution < -0.4 is 37.4 Å². The Hall–Kier alpha value is -0.140. The van der Waals surface area contributed by atoms with E-state index in [4.69, 9.17) is 4.74 Å². The standard InChI is InChI=1S/C29H60N10O3S2/c1-20-19-23(36-35-20)32-25-24(42-6)26(39-17-15-38(16-18-39)14-13-37(4)5)34-28(33-25)43-21-7-9-22(10-8-21)44(40,41)29(2,3)27-30-11-12-31-27/h20-28,30-36H,7-19H2,1-6H3. The van der Waals surface area contributed by atoms with Crippen LogP contribution in [-0.4, -0.2) is 154 Å². The van der Waals surface area contributed by atoms with E-state index in [1.54, 1.807) is 0 Å². The Morgan fingerprint density at radius 1 is 1.00 bits per heavy atom. The van der Waals surface area contributed by atoms with Crippen molar-refractivity contribution in [1.29, 1.82) is 0 Å². The molecule has 13 nitrogen and oxygen atoms in total. The van der Waals surface area contributed by atoms with Crippen molar-refractivity contribution in [3.8, 4) is 0 Å². The summed E-state index contributed by atoms with van der Waals surface area (Å²) in [6.45, 7) is 13.9. The van der Waals surface area contributed by atoms with Gasteiger partial charge < -0.3 is 9.64 Å². The van der Waals surface area contributed by atoms with E-state index in [2.05, 4.69) is 73.2 Å². The summed E-state index contributed by atoms with van der Waals surface area (Å²) in [5.41, 5.74) is 6.76. The number of ether oxygens (including phenoxy) is 1. The Morgan fingerprint density at radius 3 is 2.27 bits per heavy atom. The molecule has 0 spiro atoms. The van der Waals surface area contributed by atoms with Gasteiger partial charge in [0.2, 0.25) is 0 Å². The van der Waals surface area contributed by atoms with Gasteiger partial charge in [0.15, 0.2) is 9.84 Å². The number of nitrogens with zero attached hydrogens (tertiary/aromatic N) is 3. The highest BCUT2D eigenvalue weighted by Crippen LogP contribution is 2.38.